The van der Waals surface area contributed by atoms with Crippen LogP contribution in [0.5, 0.6) is 0 Å². The predicted octanol–water partition coefficient (Wildman–Crippen LogP) is 0.420. The van der Waals surface area contributed by atoms with Crippen LogP contribution in [0.15, 0.2) is 0 Å². The second-order valence-electron chi connectivity index (χ2n) is 5.57. The number of amides is 2. The maximum atomic E-state index is 11.7. The lowest BCUT2D eigenvalue weighted by Crippen LogP contribution is -2.49. The number of nitrogens with one attached hydrogen (secondary N) is 2. The molecule has 0 unspecified atom stereocenters. The third kappa shape index (κ3) is 6.44. The molecule has 0 saturated carbocycles. The van der Waals surface area contributed by atoms with Gasteiger partial charge >= 0.3 is 18.0 Å². The van der Waals surface area contributed by atoms with E-state index in [0.717, 1.165) is 12.8 Å². The van der Waals surface area contributed by atoms with Crippen LogP contribution in [0.3, 0.4) is 0 Å². The van der Waals surface area contributed by atoms with E-state index in [1.54, 1.807) is 0 Å². The molecule has 0 aromatic rings. The molecule has 1 fully saturated rings. The second-order valence-corrected chi connectivity index (χ2v) is 5.57. The quantitative estimate of drug-likeness (QED) is 0.540. The summed E-state index contributed by atoms with van der Waals surface area (Å²) in [4.78, 5) is 33.1. The average Bonchev–Trinajstić information content (AvgIpc) is 2.41. The van der Waals surface area contributed by atoms with Gasteiger partial charge in [-0.1, -0.05) is 6.92 Å². The van der Waals surface area contributed by atoms with Crippen molar-refractivity contribution < 1.29 is 29.3 Å². The lowest BCUT2D eigenvalue weighted by Gasteiger charge is -2.33. The van der Waals surface area contributed by atoms with Gasteiger partial charge in [0.2, 0.25) is 0 Å². The van der Waals surface area contributed by atoms with Gasteiger partial charge in [-0.05, 0) is 24.7 Å². The molecule has 1 aliphatic heterocycles. The Morgan fingerprint density at radius 3 is 2.38 bits per heavy atom. The molecule has 0 aromatic carbocycles. The highest BCUT2D eigenvalue weighted by Crippen LogP contribution is 2.28. The zero-order valence-corrected chi connectivity index (χ0v) is 12.1. The topological polar surface area (TPSA) is 125 Å². The summed E-state index contributed by atoms with van der Waals surface area (Å²) in [6.07, 6.45) is 1.19. The molecule has 1 atom stereocenters. The zero-order valence-electron chi connectivity index (χ0n) is 12.1. The Hall–Kier alpha value is -1.83. The van der Waals surface area contributed by atoms with Crippen molar-refractivity contribution in [1.29, 1.82) is 0 Å². The van der Waals surface area contributed by atoms with E-state index in [9.17, 15) is 14.4 Å². The minimum Gasteiger partial charge on any atom is -0.481 e. The fraction of sp³-hybridized carbons (Fsp3) is 0.769. The van der Waals surface area contributed by atoms with Crippen molar-refractivity contribution in [3.63, 3.8) is 0 Å². The Morgan fingerprint density at radius 1 is 1.24 bits per heavy atom. The largest absolute Gasteiger partial charge is 0.481 e. The van der Waals surface area contributed by atoms with Gasteiger partial charge < -0.3 is 25.6 Å². The first-order chi connectivity index (χ1) is 9.82. The van der Waals surface area contributed by atoms with Gasteiger partial charge in [-0.2, -0.15) is 0 Å². The lowest BCUT2D eigenvalue weighted by atomic mass is 9.82. The summed E-state index contributed by atoms with van der Waals surface area (Å²) >= 11 is 0. The molecule has 0 aliphatic carbocycles. The summed E-state index contributed by atoms with van der Waals surface area (Å²) in [6, 6.07) is -1.80. The van der Waals surface area contributed by atoms with Crippen LogP contribution in [0.4, 0.5) is 4.79 Å². The third-order valence-corrected chi connectivity index (χ3v) is 3.63. The monoisotopic (exact) mass is 302 g/mol. The van der Waals surface area contributed by atoms with Crippen LogP contribution in [0.2, 0.25) is 0 Å². The van der Waals surface area contributed by atoms with Gasteiger partial charge in [0.15, 0.2) is 0 Å². The van der Waals surface area contributed by atoms with E-state index in [2.05, 4.69) is 10.6 Å². The molecule has 2 amide bonds. The maximum absolute atomic E-state index is 11.7. The molecule has 0 aromatic heterocycles. The van der Waals surface area contributed by atoms with Crippen molar-refractivity contribution in [3.8, 4) is 0 Å². The number of rotatable bonds is 7. The van der Waals surface area contributed by atoms with Crippen molar-refractivity contribution in [3.05, 3.63) is 0 Å². The fourth-order valence-corrected chi connectivity index (χ4v) is 2.07. The van der Waals surface area contributed by atoms with Crippen molar-refractivity contribution >= 4 is 18.0 Å². The molecule has 120 valence electrons. The van der Waals surface area contributed by atoms with Crippen molar-refractivity contribution in [2.24, 2.45) is 5.41 Å². The Labute approximate surface area is 122 Å². The maximum Gasteiger partial charge on any atom is 0.326 e. The van der Waals surface area contributed by atoms with E-state index in [1.807, 2.05) is 6.92 Å². The molecular weight excluding hydrogens is 280 g/mol. The summed E-state index contributed by atoms with van der Waals surface area (Å²) in [7, 11) is 0. The highest BCUT2D eigenvalue weighted by Gasteiger charge is 2.28. The summed E-state index contributed by atoms with van der Waals surface area (Å²) in [5.41, 5.74) is -0.0601. The van der Waals surface area contributed by atoms with Crippen molar-refractivity contribution in [1.82, 2.24) is 10.6 Å². The van der Waals surface area contributed by atoms with E-state index in [0.29, 0.717) is 19.8 Å². The Morgan fingerprint density at radius 2 is 1.86 bits per heavy atom. The highest BCUT2D eigenvalue weighted by atomic mass is 16.5. The van der Waals surface area contributed by atoms with Gasteiger partial charge in [0.25, 0.3) is 0 Å². The summed E-state index contributed by atoms with van der Waals surface area (Å²) in [5.74, 6) is -2.35. The minimum absolute atomic E-state index is 0.0601. The number of carboxylic acid groups (broad SMARTS) is 2. The van der Waals surface area contributed by atoms with Crippen molar-refractivity contribution in [2.75, 3.05) is 19.8 Å². The van der Waals surface area contributed by atoms with E-state index >= 15 is 0 Å². The number of ether oxygens (including phenoxy) is 1. The third-order valence-electron chi connectivity index (χ3n) is 3.63. The number of hydrogen-bond donors (Lipinski definition) is 4. The van der Waals surface area contributed by atoms with Crippen LogP contribution in [-0.2, 0) is 14.3 Å². The smallest absolute Gasteiger partial charge is 0.326 e. The SMILES string of the molecule is CC1(CNC(=O)N[C@@H](CCC(=O)O)C(=O)O)CCOCC1. The van der Waals surface area contributed by atoms with Gasteiger partial charge in [-0.15, -0.1) is 0 Å². The molecule has 0 radical (unpaired) electrons. The van der Waals surface area contributed by atoms with Gasteiger partial charge in [-0.3, -0.25) is 4.79 Å². The van der Waals surface area contributed by atoms with E-state index in [4.69, 9.17) is 14.9 Å². The molecule has 1 heterocycles. The van der Waals surface area contributed by atoms with E-state index < -0.39 is 24.0 Å². The molecule has 0 spiro atoms. The normalized spacial score (nSPS) is 18.5. The average molecular weight is 302 g/mol. The van der Waals surface area contributed by atoms with Crippen LogP contribution in [0.25, 0.3) is 0 Å². The number of aliphatic carboxylic acids is 2. The highest BCUT2D eigenvalue weighted by molar-refractivity contribution is 5.83. The summed E-state index contributed by atoms with van der Waals surface area (Å²) < 4.78 is 5.26. The van der Waals surface area contributed by atoms with Crippen LogP contribution in [-0.4, -0.2) is 54.0 Å². The molecule has 0 bridgehead atoms. The lowest BCUT2D eigenvalue weighted by molar-refractivity contribution is -0.140. The number of carbonyl (C=O) groups excluding carboxylic acids is 1. The molecule has 1 saturated heterocycles. The Bertz CT molecular complexity index is 392. The molecular formula is C13H22N2O6. The number of hydrogen-bond acceptors (Lipinski definition) is 4. The number of urea groups is 1. The molecule has 21 heavy (non-hydrogen) atoms. The summed E-state index contributed by atoms with van der Waals surface area (Å²) in [6.45, 7) is 3.76. The van der Waals surface area contributed by atoms with Gasteiger partial charge in [-0.25, -0.2) is 9.59 Å². The first-order valence-electron chi connectivity index (χ1n) is 6.89. The van der Waals surface area contributed by atoms with E-state index in [1.165, 1.54) is 0 Å². The summed E-state index contributed by atoms with van der Waals surface area (Å²) in [5, 5.41) is 22.4. The van der Waals surface area contributed by atoms with Crippen LogP contribution in [0, 0.1) is 5.41 Å². The van der Waals surface area contributed by atoms with Crippen LogP contribution < -0.4 is 10.6 Å². The number of carboxylic acids is 2. The predicted molar refractivity (Wildman–Crippen MR) is 73.0 cm³/mol. The Kier molecular flexibility index (Phi) is 6.41. The Balaban J connectivity index is 2.39. The van der Waals surface area contributed by atoms with Crippen LogP contribution in [0.1, 0.15) is 32.6 Å². The molecule has 8 nitrogen and oxygen atoms in total. The minimum atomic E-state index is -1.25. The molecule has 8 heteroatoms. The standard InChI is InChI=1S/C13H22N2O6/c1-13(4-6-21-7-5-13)8-14-12(20)15-9(11(18)19)2-3-10(16)17/h9H,2-8H2,1H3,(H,16,17)(H,18,19)(H2,14,15,20)/t9-/m0/s1. The van der Waals surface area contributed by atoms with Crippen molar-refractivity contribution in [2.45, 2.75) is 38.6 Å². The zero-order chi connectivity index (χ0) is 15.9. The second kappa shape index (κ2) is 7.82. The van der Waals surface area contributed by atoms with Gasteiger partial charge in [0.05, 0.1) is 0 Å². The van der Waals surface area contributed by atoms with E-state index in [-0.39, 0.29) is 18.3 Å². The molecule has 1 aliphatic rings. The van der Waals surface area contributed by atoms with Gasteiger partial charge in [0, 0.05) is 26.2 Å². The van der Waals surface area contributed by atoms with Crippen LogP contribution >= 0.6 is 0 Å². The molecule has 4 N–H and O–H groups in total. The fourth-order valence-electron chi connectivity index (χ4n) is 2.07. The first-order valence-corrected chi connectivity index (χ1v) is 6.89. The molecule has 1 rings (SSSR count). The number of carbonyl (C=O) groups is 3. The first kappa shape index (κ1) is 17.2. The van der Waals surface area contributed by atoms with Gasteiger partial charge in [0.1, 0.15) is 6.04 Å².